The van der Waals surface area contributed by atoms with E-state index in [0.29, 0.717) is 11.4 Å². The number of benzene rings is 2. The average Bonchev–Trinajstić information content (AvgIpc) is 3.21. The molecule has 2 amide bonds. The van der Waals surface area contributed by atoms with Gasteiger partial charge in [0.15, 0.2) is 0 Å². The molecule has 7 heteroatoms. The minimum absolute atomic E-state index is 0.297. The van der Waals surface area contributed by atoms with E-state index in [4.69, 9.17) is 4.74 Å². The number of nitrogens with zero attached hydrogens (tertiary/aromatic N) is 2. The normalized spacial score (nSPS) is 15.4. The van der Waals surface area contributed by atoms with Crippen molar-refractivity contribution in [3.05, 3.63) is 76.3 Å². The Balaban J connectivity index is 1.62. The van der Waals surface area contributed by atoms with Crippen molar-refractivity contribution >= 4 is 45.9 Å². The quantitative estimate of drug-likeness (QED) is 0.393. The van der Waals surface area contributed by atoms with Crippen LogP contribution in [0, 0.1) is 6.92 Å². The molecule has 0 saturated carbocycles. The number of aromatic nitrogens is 1. The Morgan fingerprint density at radius 2 is 1.81 bits per heavy atom. The van der Waals surface area contributed by atoms with Crippen LogP contribution in [0.2, 0.25) is 0 Å². The summed E-state index contributed by atoms with van der Waals surface area (Å²) in [6.07, 6.45) is 3.41. The summed E-state index contributed by atoms with van der Waals surface area (Å²) < 4.78 is 7.21. The van der Waals surface area contributed by atoms with E-state index in [1.807, 2.05) is 30.5 Å². The molecule has 32 heavy (non-hydrogen) atoms. The number of thioether (sulfide) groups is 1. The molecule has 2 heterocycles. The van der Waals surface area contributed by atoms with Gasteiger partial charge in [-0.1, -0.05) is 48.0 Å². The number of esters is 1. The number of aryl methyl sites for hydroxylation is 1. The number of amides is 2. The standard InChI is InChI=1S/C25H24N2O4S/c1-16(2)31-23(28)15-27-24(29)22(32-25(27)30)12-19-14-26(21-7-5-4-6-20(19)21)13-18-10-8-17(3)9-11-18/h4-12,14,16H,13,15H2,1-3H3/b22-12-. The Morgan fingerprint density at radius 3 is 2.53 bits per heavy atom. The van der Waals surface area contributed by atoms with Crippen LogP contribution in [0.3, 0.4) is 0 Å². The minimum Gasteiger partial charge on any atom is -0.462 e. The summed E-state index contributed by atoms with van der Waals surface area (Å²) in [5.74, 6) is -1.07. The van der Waals surface area contributed by atoms with E-state index in [-0.39, 0.29) is 12.6 Å². The highest BCUT2D eigenvalue weighted by molar-refractivity contribution is 8.18. The van der Waals surface area contributed by atoms with E-state index in [1.165, 1.54) is 11.1 Å². The lowest BCUT2D eigenvalue weighted by molar-refractivity contribution is -0.149. The summed E-state index contributed by atoms with van der Waals surface area (Å²) in [5.41, 5.74) is 4.27. The van der Waals surface area contributed by atoms with Gasteiger partial charge in [0.2, 0.25) is 0 Å². The molecular formula is C25H24N2O4S. The highest BCUT2D eigenvalue weighted by atomic mass is 32.2. The third kappa shape index (κ3) is 4.62. The van der Waals surface area contributed by atoms with E-state index in [9.17, 15) is 14.4 Å². The lowest BCUT2D eigenvalue weighted by atomic mass is 10.1. The molecule has 1 aromatic heterocycles. The van der Waals surface area contributed by atoms with E-state index >= 15 is 0 Å². The second-order valence-electron chi connectivity index (χ2n) is 8.02. The molecule has 0 atom stereocenters. The van der Waals surface area contributed by atoms with Crippen LogP contribution in [0.25, 0.3) is 17.0 Å². The van der Waals surface area contributed by atoms with Gasteiger partial charge < -0.3 is 9.30 Å². The van der Waals surface area contributed by atoms with Crippen molar-refractivity contribution in [3.8, 4) is 0 Å². The maximum absolute atomic E-state index is 12.8. The summed E-state index contributed by atoms with van der Waals surface area (Å²) in [7, 11) is 0. The second-order valence-corrected chi connectivity index (χ2v) is 9.01. The summed E-state index contributed by atoms with van der Waals surface area (Å²) in [6, 6.07) is 16.3. The van der Waals surface area contributed by atoms with Crippen LogP contribution in [0.1, 0.15) is 30.5 Å². The SMILES string of the molecule is Cc1ccc(Cn2cc(/C=C3\SC(=O)N(CC(=O)OC(C)C)C3=O)c3ccccc32)cc1. The van der Waals surface area contributed by atoms with E-state index in [2.05, 4.69) is 35.8 Å². The Kier molecular flexibility index (Phi) is 6.19. The van der Waals surface area contributed by atoms with Crippen molar-refractivity contribution in [2.45, 2.75) is 33.4 Å². The number of carbonyl (C=O) groups excluding carboxylic acids is 3. The number of ether oxygens (including phenoxy) is 1. The third-order valence-electron chi connectivity index (χ3n) is 5.11. The van der Waals surface area contributed by atoms with Gasteiger partial charge in [0.05, 0.1) is 11.0 Å². The maximum atomic E-state index is 12.8. The molecular weight excluding hydrogens is 424 g/mol. The summed E-state index contributed by atoms with van der Waals surface area (Å²) >= 11 is 0.842. The predicted molar refractivity (Wildman–Crippen MR) is 126 cm³/mol. The molecule has 3 aromatic rings. The lowest BCUT2D eigenvalue weighted by Gasteiger charge is -2.13. The van der Waals surface area contributed by atoms with Gasteiger partial charge in [-0.25, -0.2) is 0 Å². The van der Waals surface area contributed by atoms with Crippen LogP contribution < -0.4 is 0 Å². The van der Waals surface area contributed by atoms with Crippen molar-refractivity contribution in [1.29, 1.82) is 0 Å². The zero-order chi connectivity index (χ0) is 22.8. The fraction of sp³-hybridized carbons (Fsp3) is 0.240. The number of hydrogen-bond acceptors (Lipinski definition) is 5. The fourth-order valence-electron chi connectivity index (χ4n) is 3.62. The first-order chi connectivity index (χ1) is 15.3. The van der Waals surface area contributed by atoms with Crippen molar-refractivity contribution in [1.82, 2.24) is 9.47 Å². The molecule has 0 unspecified atom stereocenters. The molecule has 0 aliphatic carbocycles. The van der Waals surface area contributed by atoms with Crippen molar-refractivity contribution < 1.29 is 19.1 Å². The molecule has 1 fully saturated rings. The summed E-state index contributed by atoms with van der Waals surface area (Å²) in [5, 5.41) is 0.524. The van der Waals surface area contributed by atoms with Gasteiger partial charge in [-0.05, 0) is 50.2 Å². The maximum Gasteiger partial charge on any atom is 0.326 e. The Bertz CT molecular complexity index is 1220. The van der Waals surface area contributed by atoms with Crippen molar-refractivity contribution in [3.63, 3.8) is 0 Å². The topological polar surface area (TPSA) is 68.6 Å². The molecule has 0 N–H and O–H groups in total. The van der Waals surface area contributed by atoms with Gasteiger partial charge in [-0.15, -0.1) is 0 Å². The molecule has 1 aliphatic heterocycles. The van der Waals surface area contributed by atoms with Crippen LogP contribution in [-0.4, -0.2) is 39.2 Å². The molecule has 1 aliphatic rings. The minimum atomic E-state index is -0.599. The lowest BCUT2D eigenvalue weighted by Crippen LogP contribution is -2.35. The largest absolute Gasteiger partial charge is 0.462 e. The Labute approximate surface area is 190 Å². The molecule has 4 rings (SSSR count). The second kappa shape index (κ2) is 9.04. The predicted octanol–water partition coefficient (Wildman–Crippen LogP) is 4.99. The number of hydrogen-bond donors (Lipinski definition) is 0. The van der Waals surface area contributed by atoms with Crippen LogP contribution in [0.4, 0.5) is 4.79 Å². The highest BCUT2D eigenvalue weighted by Crippen LogP contribution is 2.34. The van der Waals surface area contributed by atoms with Crippen molar-refractivity contribution in [2.75, 3.05) is 6.54 Å². The zero-order valence-electron chi connectivity index (χ0n) is 18.2. The molecule has 0 spiro atoms. The third-order valence-corrected chi connectivity index (χ3v) is 6.01. The smallest absolute Gasteiger partial charge is 0.326 e. The van der Waals surface area contributed by atoms with Gasteiger partial charge in [-0.2, -0.15) is 0 Å². The summed E-state index contributed by atoms with van der Waals surface area (Å²) in [6.45, 7) is 5.81. The zero-order valence-corrected chi connectivity index (χ0v) is 19.0. The van der Waals surface area contributed by atoms with Gasteiger partial charge in [0, 0.05) is 29.2 Å². The Morgan fingerprint density at radius 1 is 1.09 bits per heavy atom. The molecule has 164 valence electrons. The number of rotatable bonds is 6. The van der Waals surface area contributed by atoms with Crippen molar-refractivity contribution in [2.24, 2.45) is 0 Å². The van der Waals surface area contributed by atoms with Gasteiger partial charge >= 0.3 is 5.97 Å². The molecule has 6 nitrogen and oxygen atoms in total. The molecule has 0 radical (unpaired) electrons. The first kappa shape index (κ1) is 21.9. The van der Waals surface area contributed by atoms with E-state index < -0.39 is 17.1 Å². The Hall–Kier alpha value is -3.32. The number of fused-ring (bicyclic) bond motifs is 1. The monoisotopic (exact) mass is 448 g/mol. The molecule has 2 aromatic carbocycles. The first-order valence-electron chi connectivity index (χ1n) is 10.4. The van der Waals surface area contributed by atoms with Gasteiger partial charge in [0.25, 0.3) is 11.1 Å². The highest BCUT2D eigenvalue weighted by Gasteiger charge is 2.37. The first-order valence-corrected chi connectivity index (χ1v) is 11.2. The van der Waals surface area contributed by atoms with Gasteiger partial charge in [-0.3, -0.25) is 19.3 Å². The van der Waals surface area contributed by atoms with Crippen LogP contribution in [0.5, 0.6) is 0 Å². The van der Waals surface area contributed by atoms with E-state index in [0.717, 1.165) is 33.1 Å². The molecule has 0 bridgehead atoms. The average molecular weight is 449 g/mol. The molecule has 1 saturated heterocycles. The van der Waals surface area contributed by atoms with Gasteiger partial charge in [0.1, 0.15) is 6.54 Å². The van der Waals surface area contributed by atoms with Crippen LogP contribution in [0.15, 0.2) is 59.6 Å². The van der Waals surface area contributed by atoms with Crippen LogP contribution in [-0.2, 0) is 20.9 Å². The number of carbonyl (C=O) groups is 3. The summed E-state index contributed by atoms with van der Waals surface area (Å²) in [4.78, 5) is 38.3. The van der Waals surface area contributed by atoms with Crippen LogP contribution >= 0.6 is 11.8 Å². The number of imide groups is 1. The number of para-hydroxylation sites is 1. The fourth-order valence-corrected chi connectivity index (χ4v) is 4.45. The van der Waals surface area contributed by atoms with E-state index in [1.54, 1.807) is 19.9 Å².